The Balaban J connectivity index is 1.36. The molecule has 5 heterocycles. The van der Waals surface area contributed by atoms with Crippen LogP contribution in [0, 0.1) is 47.4 Å². The normalized spacial score (nSPS) is 11.1. The number of unbranched alkanes of at least 4 members (excludes halogenated alkanes) is 4. The molecule has 314 valence electrons. The van der Waals surface area contributed by atoms with E-state index in [2.05, 4.69) is 57.3 Å². The largest absolute Gasteiger partial charge is 0.396 e. The molecule has 64 heavy (non-hydrogen) atoms. The van der Waals surface area contributed by atoms with Gasteiger partial charge in [0.2, 0.25) is 0 Å². The third-order valence-corrected chi connectivity index (χ3v) is 10.6. The fraction of sp³-hybridized carbons (Fsp3) is 0.231. The summed E-state index contributed by atoms with van der Waals surface area (Å²) in [6, 6.07) is 23.5. The zero-order valence-electron chi connectivity index (χ0n) is 34.9. The molecule has 0 fully saturated rings. The summed E-state index contributed by atoms with van der Waals surface area (Å²) >= 11 is 0. The van der Waals surface area contributed by atoms with Gasteiger partial charge in [0.25, 0.3) is 0 Å². The first-order valence-electron chi connectivity index (χ1n) is 21.3. The number of aliphatic hydroxyl groups is 4. The van der Waals surface area contributed by atoms with E-state index in [1.165, 1.54) is 0 Å². The Hall–Kier alpha value is -7.68. The van der Waals surface area contributed by atoms with E-state index in [1.807, 2.05) is 72.8 Å². The summed E-state index contributed by atoms with van der Waals surface area (Å²) in [5, 5.41) is 40.4. The van der Waals surface area contributed by atoms with Gasteiger partial charge in [0.1, 0.15) is 22.6 Å². The topological polar surface area (TPSA) is 190 Å². The number of fused-ring (bicyclic) bond motifs is 20. The summed E-state index contributed by atoms with van der Waals surface area (Å²) in [5.41, 5.74) is 8.28. The van der Waals surface area contributed by atoms with Crippen LogP contribution in [0.25, 0.3) is 89.7 Å². The first-order valence-corrected chi connectivity index (χ1v) is 21.3. The summed E-state index contributed by atoms with van der Waals surface area (Å²) in [5.74, 6) is 27.3. The van der Waals surface area contributed by atoms with Crippen LogP contribution >= 0.6 is 0 Å². The summed E-state index contributed by atoms with van der Waals surface area (Å²) < 4.78 is 0. The molecule has 6 N–H and O–H groups in total. The fourth-order valence-corrected chi connectivity index (χ4v) is 7.43. The highest BCUT2D eigenvalue weighted by molar-refractivity contribution is 6.07. The van der Waals surface area contributed by atoms with Gasteiger partial charge >= 0.3 is 0 Å². The third-order valence-electron chi connectivity index (χ3n) is 10.6. The second kappa shape index (κ2) is 19.2. The first kappa shape index (κ1) is 41.7. The summed E-state index contributed by atoms with van der Waals surface area (Å²) in [6.45, 7) is 0.301. The lowest BCUT2D eigenvalue weighted by atomic mass is 10.0. The maximum atomic E-state index is 9.32. The molecule has 4 aromatic carbocycles. The van der Waals surface area contributed by atoms with Gasteiger partial charge in [-0.05, 0) is 98.5 Å². The van der Waals surface area contributed by atoms with E-state index in [1.54, 1.807) is 0 Å². The van der Waals surface area contributed by atoms with E-state index in [-0.39, 0.29) is 26.4 Å². The van der Waals surface area contributed by atoms with Gasteiger partial charge in [0.15, 0.2) is 23.3 Å². The molecule has 0 radical (unpaired) electrons. The average molecular weight is 843 g/mol. The molecule has 12 heteroatoms. The van der Waals surface area contributed by atoms with Crippen LogP contribution in [0.1, 0.15) is 73.6 Å². The maximum absolute atomic E-state index is 9.32. The van der Waals surface area contributed by atoms with Gasteiger partial charge in [0, 0.05) is 118 Å². The van der Waals surface area contributed by atoms with Crippen LogP contribution in [0.4, 0.5) is 0 Å². The van der Waals surface area contributed by atoms with Crippen LogP contribution in [-0.4, -0.2) is 86.7 Å². The number of nitrogens with zero attached hydrogens (tertiary/aromatic N) is 6. The zero-order valence-corrected chi connectivity index (χ0v) is 34.9. The summed E-state index contributed by atoms with van der Waals surface area (Å²) in [4.78, 5) is 37.9. The Morgan fingerprint density at radius 1 is 0.344 bits per heavy atom. The lowest BCUT2D eigenvalue weighted by Crippen LogP contribution is -1.85. The van der Waals surface area contributed by atoms with Crippen molar-refractivity contribution in [1.82, 2.24) is 39.9 Å². The average Bonchev–Trinajstić information content (AvgIpc) is 4.04. The standard InChI is InChI=1S/C52H42N8O4/c61-25-9-1-5-13-33-17-21-37-41(29-33)49-54-45(37)53-46-38-22-18-34(14-6-2-10-26-62)30-42(38)50(55-46)57-48-40-24-20-36(16-8-4-12-28-64)32-44(40)52(59-48)60-51-43-31-35(15-7-3-11-27-63)19-23-39(43)47(56-49)58-51/h17-24,29-32,61-64H,1-4,9-12,25-28H2,(H2,53,54,55,56,57,58,59,60). The van der Waals surface area contributed by atoms with Gasteiger partial charge in [0.05, 0.1) is 0 Å². The van der Waals surface area contributed by atoms with Crippen LogP contribution in [0.2, 0.25) is 0 Å². The van der Waals surface area contributed by atoms with Crippen molar-refractivity contribution in [2.45, 2.75) is 51.4 Å². The highest BCUT2D eigenvalue weighted by Crippen LogP contribution is 2.38. The van der Waals surface area contributed by atoms with Crippen molar-refractivity contribution in [3.8, 4) is 92.9 Å². The van der Waals surface area contributed by atoms with Crippen LogP contribution < -0.4 is 0 Å². The Bertz CT molecular complexity index is 3400. The van der Waals surface area contributed by atoms with Crippen molar-refractivity contribution in [1.29, 1.82) is 0 Å². The second-order valence-electron chi connectivity index (χ2n) is 15.2. The molecule has 0 atom stereocenters. The van der Waals surface area contributed by atoms with Gasteiger partial charge < -0.3 is 30.4 Å². The van der Waals surface area contributed by atoms with Gasteiger partial charge in [-0.2, -0.15) is 0 Å². The molecule has 12 nitrogen and oxygen atoms in total. The molecule has 3 aromatic heterocycles. The minimum atomic E-state index is 0.0734. The van der Waals surface area contributed by atoms with Crippen molar-refractivity contribution in [3.63, 3.8) is 0 Å². The Morgan fingerprint density at radius 3 is 1.02 bits per heavy atom. The molecule has 9 rings (SSSR count). The van der Waals surface area contributed by atoms with Crippen molar-refractivity contribution in [3.05, 3.63) is 95.1 Å². The van der Waals surface area contributed by atoms with E-state index < -0.39 is 0 Å². The molecule has 8 bridgehead atoms. The van der Waals surface area contributed by atoms with Crippen LogP contribution in [0.15, 0.2) is 72.8 Å². The highest BCUT2D eigenvalue weighted by atomic mass is 16.3. The van der Waals surface area contributed by atoms with Gasteiger partial charge in [-0.15, -0.1) is 0 Å². The Labute approximate surface area is 369 Å². The minimum absolute atomic E-state index is 0.0734. The SMILES string of the molecule is OCCCC#Cc1ccc2c(c1)-c1nc-2nc2[nH]c(nc3nc(nc4[nH]c(n1)c1ccc(C#CCCCO)cc41)-c1cc(C#CCCCO)ccc1-3)c1cc(C#CCCCO)ccc21. The van der Waals surface area contributed by atoms with E-state index in [0.29, 0.717) is 97.3 Å². The number of hydrogen-bond acceptors (Lipinski definition) is 10. The smallest absolute Gasteiger partial charge is 0.164 e. The molecular formula is C52H42N8O4. The lowest BCUT2D eigenvalue weighted by Gasteiger charge is -2.00. The molecule has 0 saturated heterocycles. The van der Waals surface area contributed by atoms with Gasteiger partial charge in [-0.25, -0.2) is 29.9 Å². The van der Waals surface area contributed by atoms with E-state index in [4.69, 9.17) is 29.9 Å². The predicted molar refractivity (Wildman–Crippen MR) is 249 cm³/mol. The Kier molecular flexibility index (Phi) is 12.5. The number of rotatable bonds is 8. The quantitative estimate of drug-likeness (QED) is 0.0666. The predicted octanol–water partition coefficient (Wildman–Crippen LogP) is 7.37. The fourth-order valence-electron chi connectivity index (χ4n) is 7.43. The monoisotopic (exact) mass is 842 g/mol. The number of aromatic amines is 2. The van der Waals surface area contributed by atoms with Crippen LogP contribution in [-0.2, 0) is 0 Å². The molecule has 0 amide bonds. The minimum Gasteiger partial charge on any atom is -0.396 e. The number of H-pyrrole nitrogens is 2. The van der Waals surface area contributed by atoms with Crippen molar-refractivity contribution in [2.75, 3.05) is 26.4 Å². The zero-order chi connectivity index (χ0) is 43.8. The second-order valence-corrected chi connectivity index (χ2v) is 15.2. The van der Waals surface area contributed by atoms with E-state index in [0.717, 1.165) is 66.1 Å². The number of nitrogens with one attached hydrogen (secondary N) is 2. The summed E-state index contributed by atoms with van der Waals surface area (Å²) in [7, 11) is 0. The molecule has 2 aliphatic heterocycles. The van der Waals surface area contributed by atoms with Crippen molar-refractivity contribution in [2.24, 2.45) is 0 Å². The molecular weight excluding hydrogens is 801 g/mol. The molecule has 0 aliphatic carbocycles. The Morgan fingerprint density at radius 2 is 0.656 bits per heavy atom. The number of aliphatic hydroxyl groups excluding tert-OH is 4. The number of benzene rings is 4. The molecule has 2 aliphatic rings. The summed E-state index contributed by atoms with van der Waals surface area (Å²) in [6.07, 6.45) is 4.62. The molecule has 0 saturated carbocycles. The number of hydrogen-bond donors (Lipinski definition) is 6. The molecule has 0 unspecified atom stereocenters. The van der Waals surface area contributed by atoms with Gasteiger partial charge in [-0.1, -0.05) is 47.4 Å². The maximum Gasteiger partial charge on any atom is 0.164 e. The molecule has 7 aromatic rings. The number of aromatic nitrogens is 8. The van der Waals surface area contributed by atoms with Crippen molar-refractivity contribution >= 4 is 44.1 Å². The molecule has 0 spiro atoms. The van der Waals surface area contributed by atoms with Crippen LogP contribution in [0.3, 0.4) is 0 Å². The first-order chi connectivity index (χ1) is 31.5. The van der Waals surface area contributed by atoms with E-state index in [9.17, 15) is 20.4 Å². The van der Waals surface area contributed by atoms with Crippen LogP contribution in [0.5, 0.6) is 0 Å². The van der Waals surface area contributed by atoms with Crippen molar-refractivity contribution < 1.29 is 20.4 Å². The lowest BCUT2D eigenvalue weighted by molar-refractivity contribution is 0.290. The van der Waals surface area contributed by atoms with E-state index >= 15 is 0 Å². The highest BCUT2D eigenvalue weighted by Gasteiger charge is 2.23. The third kappa shape index (κ3) is 8.82. The van der Waals surface area contributed by atoms with Gasteiger partial charge in [-0.3, -0.25) is 0 Å².